The molecule has 3 heteroatoms. The number of hydrogen-bond acceptors (Lipinski definition) is 1. The topological polar surface area (TPSA) is 8.17 Å². The molecule has 0 fully saturated rings. The second kappa shape index (κ2) is 18.8. The number of nitrogens with zero attached hydrogens (tertiary/aromatic N) is 2. The number of anilines is 3. The molecule has 0 saturated heterocycles. The fourth-order valence-corrected chi connectivity index (χ4v) is 16.2. The van der Waals surface area contributed by atoms with Crippen LogP contribution in [-0.4, -0.2) is 12.6 Å². The zero-order valence-corrected chi connectivity index (χ0v) is 41.3. The molecule has 12 aromatic carbocycles. The Balaban J connectivity index is 0.971. The van der Waals surface area contributed by atoms with E-state index in [1.54, 1.807) is 0 Å². The Bertz CT molecular complexity index is 3940. The van der Waals surface area contributed by atoms with E-state index in [1.165, 1.54) is 81.1 Å². The molecule has 0 spiro atoms. The van der Waals surface area contributed by atoms with Crippen molar-refractivity contribution in [2.45, 2.75) is 0 Å². The van der Waals surface area contributed by atoms with E-state index in [4.69, 9.17) is 0 Å². The smallest absolute Gasteiger partial charge is 0.179 e. The molecule has 13 aromatic rings. The van der Waals surface area contributed by atoms with Crippen LogP contribution in [-0.2, 0) is 0 Å². The second-order valence-electron chi connectivity index (χ2n) is 18.8. The summed E-state index contributed by atoms with van der Waals surface area (Å²) in [5.41, 5.74) is 14.0. The fraction of sp³-hybridized carbons (Fsp3) is 0. The van der Waals surface area contributed by atoms with Crippen LogP contribution in [0.4, 0.5) is 17.1 Å². The van der Waals surface area contributed by atoms with Crippen LogP contribution in [0.15, 0.2) is 303 Å². The maximum absolute atomic E-state index is 2.75. The number of rotatable bonds is 11. The van der Waals surface area contributed by atoms with Crippen LogP contribution in [0.1, 0.15) is 0 Å². The number of para-hydroxylation sites is 2. The first-order valence-electron chi connectivity index (χ1n) is 25.2. The molecule has 1 heterocycles. The van der Waals surface area contributed by atoms with Crippen LogP contribution in [0.2, 0.25) is 0 Å². The Kier molecular flexibility index (Phi) is 11.3. The van der Waals surface area contributed by atoms with Gasteiger partial charge in [0, 0.05) is 33.5 Å². The average molecular weight is 947 g/mol. The lowest BCUT2D eigenvalue weighted by atomic mass is 9.95. The number of fused-ring (bicyclic) bond motifs is 4. The Morgan fingerprint density at radius 3 is 1.42 bits per heavy atom. The van der Waals surface area contributed by atoms with Gasteiger partial charge in [0.2, 0.25) is 0 Å². The van der Waals surface area contributed by atoms with Crippen molar-refractivity contribution >= 4 is 78.5 Å². The van der Waals surface area contributed by atoms with Gasteiger partial charge in [0.05, 0.1) is 11.0 Å². The highest BCUT2D eigenvalue weighted by atomic mass is 28.3. The maximum Gasteiger partial charge on any atom is 0.179 e. The van der Waals surface area contributed by atoms with E-state index in [2.05, 4.69) is 313 Å². The highest BCUT2D eigenvalue weighted by Crippen LogP contribution is 2.42. The van der Waals surface area contributed by atoms with Crippen LogP contribution >= 0.6 is 0 Å². The minimum absolute atomic E-state index is 1.08. The number of benzene rings is 12. The van der Waals surface area contributed by atoms with Crippen LogP contribution in [0.5, 0.6) is 0 Å². The standard InChI is InChI=1S/C70H50N2Si/c1-6-21-52(22-7-1)64-35-19-23-53-39-40-54(50-67(53)64)51-41-43-57(44-42-51)71(58-45-47-63(48-46-58)73(60-28-10-3-11-29-60,61-30-12-4-13-31-61)62-32-14-5-15-33-62)59-27-18-24-55(49-59)65-36-20-38-69-70(65)66-34-16-17-37-68(66)72(69)56-25-8-2-9-26-56/h1-50H. The number of hydrogen-bond donors (Lipinski definition) is 0. The van der Waals surface area contributed by atoms with Crippen LogP contribution in [0, 0.1) is 0 Å². The summed E-state index contributed by atoms with van der Waals surface area (Å²) >= 11 is 0. The van der Waals surface area contributed by atoms with Gasteiger partial charge in [-0.2, -0.15) is 0 Å². The molecule has 0 atom stereocenters. The molecular formula is C70H50N2Si. The van der Waals surface area contributed by atoms with Crippen LogP contribution in [0.3, 0.4) is 0 Å². The monoisotopic (exact) mass is 946 g/mol. The first-order chi connectivity index (χ1) is 36.2. The van der Waals surface area contributed by atoms with Gasteiger partial charge in [-0.05, 0) is 132 Å². The summed E-state index contributed by atoms with van der Waals surface area (Å²) in [5.74, 6) is 0. The van der Waals surface area contributed by atoms with E-state index < -0.39 is 8.07 Å². The van der Waals surface area contributed by atoms with Gasteiger partial charge in [0.1, 0.15) is 0 Å². The Morgan fingerprint density at radius 1 is 0.274 bits per heavy atom. The normalized spacial score (nSPS) is 11.6. The molecule has 73 heavy (non-hydrogen) atoms. The van der Waals surface area contributed by atoms with Gasteiger partial charge in [-0.3, -0.25) is 0 Å². The van der Waals surface area contributed by atoms with E-state index in [-0.39, 0.29) is 0 Å². The summed E-state index contributed by atoms with van der Waals surface area (Å²) in [6.07, 6.45) is 0. The molecule has 2 nitrogen and oxygen atoms in total. The van der Waals surface area contributed by atoms with Gasteiger partial charge in [0.15, 0.2) is 8.07 Å². The van der Waals surface area contributed by atoms with Crippen molar-refractivity contribution in [1.29, 1.82) is 0 Å². The predicted molar refractivity (Wildman–Crippen MR) is 313 cm³/mol. The largest absolute Gasteiger partial charge is 0.310 e. The van der Waals surface area contributed by atoms with E-state index in [1.807, 2.05) is 0 Å². The van der Waals surface area contributed by atoms with Crippen molar-refractivity contribution in [3.05, 3.63) is 303 Å². The molecule has 0 bridgehead atoms. The van der Waals surface area contributed by atoms with E-state index in [9.17, 15) is 0 Å². The van der Waals surface area contributed by atoms with Crippen molar-refractivity contribution in [3.8, 4) is 39.1 Å². The Hall–Kier alpha value is -9.28. The lowest BCUT2D eigenvalue weighted by molar-refractivity contribution is 1.18. The van der Waals surface area contributed by atoms with Crippen LogP contribution < -0.4 is 25.6 Å². The summed E-state index contributed by atoms with van der Waals surface area (Å²) in [5, 5.41) is 10.4. The average Bonchev–Trinajstić information content (AvgIpc) is 3.82. The predicted octanol–water partition coefficient (Wildman–Crippen LogP) is 15.8. The molecule has 0 amide bonds. The zero-order valence-electron chi connectivity index (χ0n) is 40.3. The van der Waals surface area contributed by atoms with Crippen molar-refractivity contribution in [1.82, 2.24) is 4.57 Å². The molecule has 13 rings (SSSR count). The molecule has 0 aliphatic heterocycles. The second-order valence-corrected chi connectivity index (χ2v) is 22.6. The summed E-state index contributed by atoms with van der Waals surface area (Å²) in [6.45, 7) is 0. The van der Waals surface area contributed by atoms with Gasteiger partial charge in [-0.15, -0.1) is 0 Å². The summed E-state index contributed by atoms with van der Waals surface area (Å²) in [4.78, 5) is 2.43. The first-order valence-corrected chi connectivity index (χ1v) is 27.2. The third kappa shape index (κ3) is 7.75. The minimum atomic E-state index is -2.75. The summed E-state index contributed by atoms with van der Waals surface area (Å²) in [7, 11) is -2.75. The lowest BCUT2D eigenvalue weighted by Gasteiger charge is -2.35. The van der Waals surface area contributed by atoms with Crippen molar-refractivity contribution in [3.63, 3.8) is 0 Å². The summed E-state index contributed by atoms with van der Waals surface area (Å²) in [6, 6.07) is 112. The third-order valence-electron chi connectivity index (χ3n) is 14.7. The molecule has 344 valence electrons. The van der Waals surface area contributed by atoms with E-state index in [0.717, 1.165) is 28.3 Å². The summed E-state index contributed by atoms with van der Waals surface area (Å²) < 4.78 is 2.40. The van der Waals surface area contributed by atoms with Crippen molar-refractivity contribution in [2.24, 2.45) is 0 Å². The van der Waals surface area contributed by atoms with E-state index >= 15 is 0 Å². The molecule has 0 radical (unpaired) electrons. The molecular weight excluding hydrogens is 897 g/mol. The van der Waals surface area contributed by atoms with E-state index in [0.29, 0.717) is 0 Å². The van der Waals surface area contributed by atoms with Gasteiger partial charge in [0.25, 0.3) is 0 Å². The molecule has 1 aromatic heterocycles. The van der Waals surface area contributed by atoms with Gasteiger partial charge < -0.3 is 9.47 Å². The molecule has 0 saturated carbocycles. The van der Waals surface area contributed by atoms with Gasteiger partial charge in [-0.25, -0.2) is 0 Å². The van der Waals surface area contributed by atoms with Crippen molar-refractivity contribution in [2.75, 3.05) is 4.90 Å². The SMILES string of the molecule is c1ccc(-c2cccc3ccc(-c4ccc(N(c5ccc([Si](c6ccccc6)(c6ccccc6)c6ccccc6)cc5)c5cccc(-c6cccc7c6c6ccccc6n7-c6ccccc6)c5)cc4)cc23)cc1. The highest BCUT2D eigenvalue weighted by molar-refractivity contribution is 7.19. The number of aromatic nitrogens is 1. The fourth-order valence-electron chi connectivity index (χ4n) is 11.4. The Labute approximate surface area is 428 Å². The maximum atomic E-state index is 2.43. The lowest BCUT2D eigenvalue weighted by Crippen LogP contribution is -2.74. The quantitative estimate of drug-likeness (QED) is 0.0926. The highest BCUT2D eigenvalue weighted by Gasteiger charge is 2.41. The van der Waals surface area contributed by atoms with Gasteiger partial charge in [-0.1, -0.05) is 237 Å². The molecule has 0 N–H and O–H groups in total. The molecule has 0 unspecified atom stereocenters. The molecule has 0 aliphatic carbocycles. The van der Waals surface area contributed by atoms with Crippen LogP contribution in [0.25, 0.3) is 71.6 Å². The minimum Gasteiger partial charge on any atom is -0.310 e. The zero-order chi connectivity index (χ0) is 48.6. The first kappa shape index (κ1) is 43.7. The van der Waals surface area contributed by atoms with Crippen molar-refractivity contribution < 1.29 is 0 Å². The molecule has 0 aliphatic rings. The van der Waals surface area contributed by atoms with Gasteiger partial charge >= 0.3 is 0 Å². The third-order valence-corrected chi connectivity index (χ3v) is 19.5. The Morgan fingerprint density at radius 2 is 0.767 bits per heavy atom.